The van der Waals surface area contributed by atoms with Gasteiger partial charge in [0.1, 0.15) is 11.6 Å². The molecular formula is C23H31N3O4S. The fourth-order valence-electron chi connectivity index (χ4n) is 4.62. The van der Waals surface area contributed by atoms with Gasteiger partial charge in [-0.15, -0.1) is 11.8 Å². The van der Waals surface area contributed by atoms with Crippen molar-refractivity contribution in [2.45, 2.75) is 68.9 Å². The minimum atomic E-state index is -0.484. The minimum Gasteiger partial charge on any atom is -0.444 e. The number of nitrogens with one attached hydrogen (secondary N) is 1. The lowest BCUT2D eigenvalue weighted by Gasteiger charge is -2.40. The zero-order chi connectivity index (χ0) is 22.2. The van der Waals surface area contributed by atoms with E-state index >= 15 is 0 Å². The third-order valence-corrected chi connectivity index (χ3v) is 7.21. The number of likely N-dealkylation sites (tertiary alicyclic amines) is 1. The van der Waals surface area contributed by atoms with Crippen molar-refractivity contribution >= 4 is 35.4 Å². The van der Waals surface area contributed by atoms with Gasteiger partial charge in [-0.2, -0.15) is 0 Å². The van der Waals surface area contributed by atoms with Crippen molar-refractivity contribution in [1.29, 1.82) is 0 Å². The molecule has 0 spiro atoms. The number of amides is 3. The van der Waals surface area contributed by atoms with Crippen LogP contribution in [0.15, 0.2) is 23.1 Å². The van der Waals surface area contributed by atoms with Crippen molar-refractivity contribution in [3.8, 4) is 0 Å². The molecule has 0 saturated carbocycles. The van der Waals surface area contributed by atoms with E-state index in [0.29, 0.717) is 31.8 Å². The molecule has 1 aromatic rings. The SMILES string of the molecule is CC(C)(C)OC(=O)N1CCC(c2cccc3c2SCCN3C2CCC(=O)NC2=O)CC1. The topological polar surface area (TPSA) is 79.0 Å². The van der Waals surface area contributed by atoms with Gasteiger partial charge in [0.15, 0.2) is 0 Å². The van der Waals surface area contributed by atoms with Crippen LogP contribution in [0, 0.1) is 0 Å². The fraction of sp³-hybridized carbons (Fsp3) is 0.609. The van der Waals surface area contributed by atoms with Crippen molar-refractivity contribution in [3.63, 3.8) is 0 Å². The van der Waals surface area contributed by atoms with Gasteiger partial charge in [-0.25, -0.2) is 4.79 Å². The largest absolute Gasteiger partial charge is 0.444 e. The highest BCUT2D eigenvalue weighted by Crippen LogP contribution is 2.44. The molecule has 7 nitrogen and oxygen atoms in total. The summed E-state index contributed by atoms with van der Waals surface area (Å²) in [4.78, 5) is 41.7. The minimum absolute atomic E-state index is 0.182. The van der Waals surface area contributed by atoms with E-state index < -0.39 is 5.60 Å². The van der Waals surface area contributed by atoms with Crippen molar-refractivity contribution < 1.29 is 19.1 Å². The summed E-state index contributed by atoms with van der Waals surface area (Å²) < 4.78 is 5.52. The summed E-state index contributed by atoms with van der Waals surface area (Å²) in [5.41, 5.74) is 1.92. The second-order valence-corrected chi connectivity index (χ2v) is 10.6. The molecule has 3 heterocycles. The molecule has 31 heavy (non-hydrogen) atoms. The van der Waals surface area contributed by atoms with Crippen molar-refractivity contribution in [3.05, 3.63) is 23.8 Å². The van der Waals surface area contributed by atoms with Gasteiger partial charge in [0.05, 0.1) is 5.69 Å². The Morgan fingerprint density at radius 2 is 1.87 bits per heavy atom. The Hall–Kier alpha value is -2.22. The van der Waals surface area contributed by atoms with Crippen LogP contribution < -0.4 is 10.2 Å². The summed E-state index contributed by atoms with van der Waals surface area (Å²) in [5.74, 6) is 0.921. The molecule has 3 amide bonds. The maximum atomic E-state index is 12.5. The molecule has 3 aliphatic rings. The Bertz CT molecular complexity index is 874. The Kier molecular flexibility index (Phi) is 6.19. The number of ether oxygens (including phenoxy) is 1. The van der Waals surface area contributed by atoms with E-state index in [1.54, 1.807) is 4.90 Å². The molecule has 8 heteroatoms. The number of benzene rings is 1. The summed E-state index contributed by atoms with van der Waals surface area (Å²) in [6.07, 6.45) is 2.51. The Balaban J connectivity index is 1.49. The van der Waals surface area contributed by atoms with E-state index in [2.05, 4.69) is 28.4 Å². The molecular weight excluding hydrogens is 414 g/mol. The van der Waals surface area contributed by atoms with Crippen LogP contribution in [0.25, 0.3) is 0 Å². The summed E-state index contributed by atoms with van der Waals surface area (Å²) in [6, 6.07) is 6.05. The van der Waals surface area contributed by atoms with E-state index in [1.165, 1.54) is 10.5 Å². The molecule has 0 radical (unpaired) electrons. The molecule has 168 valence electrons. The van der Waals surface area contributed by atoms with Crippen LogP contribution in [0.2, 0.25) is 0 Å². The highest BCUT2D eigenvalue weighted by molar-refractivity contribution is 7.99. The molecule has 2 saturated heterocycles. The molecule has 1 N–H and O–H groups in total. The molecule has 3 aliphatic heterocycles. The van der Waals surface area contributed by atoms with Crippen LogP contribution in [-0.4, -0.2) is 59.8 Å². The summed E-state index contributed by atoms with van der Waals surface area (Å²) in [5, 5.41) is 2.49. The van der Waals surface area contributed by atoms with Gasteiger partial charge in [-0.3, -0.25) is 14.9 Å². The first-order valence-electron chi connectivity index (χ1n) is 11.1. The Morgan fingerprint density at radius 3 is 2.55 bits per heavy atom. The van der Waals surface area contributed by atoms with Crippen molar-refractivity contribution in [2.24, 2.45) is 0 Å². The number of thioether (sulfide) groups is 1. The third-order valence-electron chi connectivity index (χ3n) is 6.09. The quantitative estimate of drug-likeness (QED) is 0.702. The van der Waals surface area contributed by atoms with Gasteiger partial charge < -0.3 is 14.5 Å². The molecule has 2 fully saturated rings. The van der Waals surface area contributed by atoms with Gasteiger partial charge in [0.2, 0.25) is 11.8 Å². The second-order valence-electron chi connectivity index (χ2n) is 9.45. The van der Waals surface area contributed by atoms with Gasteiger partial charge in [-0.05, 0) is 57.6 Å². The summed E-state index contributed by atoms with van der Waals surface area (Å²) in [7, 11) is 0. The zero-order valence-corrected chi connectivity index (χ0v) is 19.3. The number of hydrogen-bond acceptors (Lipinski definition) is 6. The predicted molar refractivity (Wildman–Crippen MR) is 120 cm³/mol. The number of hydrogen-bond donors (Lipinski definition) is 1. The van der Waals surface area contributed by atoms with E-state index in [0.717, 1.165) is 30.8 Å². The number of rotatable bonds is 2. The number of nitrogens with zero attached hydrogens (tertiary/aromatic N) is 2. The standard InChI is InChI=1S/C23H31N3O4S/c1-23(2,3)30-22(29)25-11-9-15(10-12-25)16-5-4-6-17-20(16)31-14-13-26(17)18-7-8-19(27)24-21(18)28/h4-6,15,18H,7-14H2,1-3H3,(H,24,27,28). The van der Waals surface area contributed by atoms with Gasteiger partial charge in [0.25, 0.3) is 0 Å². The van der Waals surface area contributed by atoms with Crippen LogP contribution in [0.3, 0.4) is 0 Å². The number of fused-ring (bicyclic) bond motifs is 1. The van der Waals surface area contributed by atoms with E-state index in [-0.39, 0.29) is 23.9 Å². The fourth-order valence-corrected chi connectivity index (χ4v) is 5.84. The smallest absolute Gasteiger partial charge is 0.410 e. The first-order valence-corrected chi connectivity index (χ1v) is 12.1. The van der Waals surface area contributed by atoms with Crippen LogP contribution in [-0.2, 0) is 14.3 Å². The predicted octanol–water partition coefficient (Wildman–Crippen LogP) is 3.52. The Labute approximate surface area is 187 Å². The maximum Gasteiger partial charge on any atom is 0.410 e. The van der Waals surface area contributed by atoms with E-state index in [4.69, 9.17) is 4.74 Å². The molecule has 0 bridgehead atoms. The first-order chi connectivity index (χ1) is 14.7. The van der Waals surface area contributed by atoms with E-state index in [1.807, 2.05) is 32.5 Å². The van der Waals surface area contributed by atoms with Crippen molar-refractivity contribution in [1.82, 2.24) is 10.2 Å². The number of carbonyl (C=O) groups excluding carboxylic acids is 3. The maximum absolute atomic E-state index is 12.5. The lowest BCUT2D eigenvalue weighted by Crippen LogP contribution is -2.54. The molecule has 1 atom stereocenters. The van der Waals surface area contributed by atoms with Gasteiger partial charge in [-0.1, -0.05) is 12.1 Å². The normalized spacial score (nSPS) is 22.7. The second kappa shape index (κ2) is 8.73. The zero-order valence-electron chi connectivity index (χ0n) is 18.5. The van der Waals surface area contributed by atoms with Gasteiger partial charge in [0, 0.05) is 36.7 Å². The lowest BCUT2D eigenvalue weighted by atomic mass is 9.89. The third kappa shape index (κ3) is 4.84. The summed E-state index contributed by atoms with van der Waals surface area (Å²) in [6.45, 7) is 7.83. The average Bonchev–Trinajstić information content (AvgIpc) is 2.72. The molecule has 0 aliphatic carbocycles. The van der Waals surface area contributed by atoms with Crippen LogP contribution in [0.4, 0.5) is 10.5 Å². The molecule has 4 rings (SSSR count). The highest BCUT2D eigenvalue weighted by Gasteiger charge is 2.36. The number of imide groups is 1. The van der Waals surface area contributed by atoms with Gasteiger partial charge >= 0.3 is 6.09 Å². The summed E-state index contributed by atoms with van der Waals surface area (Å²) >= 11 is 1.85. The highest BCUT2D eigenvalue weighted by atomic mass is 32.2. The monoisotopic (exact) mass is 445 g/mol. The lowest BCUT2D eigenvalue weighted by molar-refractivity contribution is -0.134. The van der Waals surface area contributed by atoms with E-state index in [9.17, 15) is 14.4 Å². The number of piperidine rings is 2. The van der Waals surface area contributed by atoms with Crippen LogP contribution >= 0.6 is 11.8 Å². The molecule has 1 aromatic carbocycles. The van der Waals surface area contributed by atoms with Crippen LogP contribution in [0.1, 0.15) is 57.9 Å². The van der Waals surface area contributed by atoms with Crippen LogP contribution in [0.5, 0.6) is 0 Å². The molecule has 1 unspecified atom stereocenters. The Morgan fingerprint density at radius 1 is 1.13 bits per heavy atom. The number of anilines is 1. The average molecular weight is 446 g/mol. The molecule has 0 aromatic heterocycles. The number of carbonyl (C=O) groups is 3. The van der Waals surface area contributed by atoms with Crippen molar-refractivity contribution in [2.75, 3.05) is 30.3 Å². The first kappa shape index (κ1) is 22.0.